The minimum Gasteiger partial charge on any atom is -1.00 e. The molecule has 1 atom stereocenters. The molecular weight excluding hydrogens is 304 g/mol. The number of carboxylic acids is 1. The minimum atomic E-state index is -1.13. The first-order valence-corrected chi connectivity index (χ1v) is 5.89. The summed E-state index contributed by atoms with van der Waals surface area (Å²) in [6, 6.07) is -1.02. The van der Waals surface area contributed by atoms with E-state index in [1.165, 1.54) is 0 Å². The number of rotatable bonds is 6. The molecule has 0 aliphatic rings. The average molecular weight is 328 g/mol. The van der Waals surface area contributed by atoms with Crippen molar-refractivity contribution in [2.75, 3.05) is 6.54 Å². The Morgan fingerprint density at radius 3 is 2.24 bits per heavy atom. The third-order valence-corrected chi connectivity index (χ3v) is 1.93. The van der Waals surface area contributed by atoms with Gasteiger partial charge in [-0.3, -0.25) is 4.99 Å². The van der Waals surface area contributed by atoms with E-state index in [0.717, 1.165) is 0 Å². The van der Waals surface area contributed by atoms with Crippen LogP contribution in [0.1, 0.15) is 33.6 Å². The fourth-order valence-corrected chi connectivity index (χ4v) is 1.21. The van der Waals surface area contributed by atoms with Crippen LogP contribution in [0.15, 0.2) is 4.99 Å². The number of nitrogens with zero attached hydrogens (tertiary/aromatic N) is 1. The zero-order valence-electron chi connectivity index (χ0n) is 12.4. The Kier molecular flexibility index (Phi) is 12.7. The predicted octanol–water partition coefficient (Wildman–Crippen LogP) is -3.80. The maximum Gasteiger partial charge on any atom is 0.408 e. The van der Waals surface area contributed by atoms with Crippen LogP contribution < -0.4 is 29.2 Å². The van der Waals surface area contributed by atoms with Gasteiger partial charge in [0.05, 0.1) is 0 Å². The van der Waals surface area contributed by atoms with Crippen molar-refractivity contribution in [2.24, 2.45) is 16.5 Å². The normalized spacial score (nSPS) is 11.2. The Labute approximate surface area is 129 Å². The van der Waals surface area contributed by atoms with Crippen LogP contribution in [0, 0.1) is 0 Å². The summed E-state index contributed by atoms with van der Waals surface area (Å²) in [4.78, 5) is 26.2. The first kappa shape index (κ1) is 24.3. The summed E-state index contributed by atoms with van der Waals surface area (Å²) in [5.41, 5.74) is 9.61. The van der Waals surface area contributed by atoms with Gasteiger partial charge in [0, 0.05) is 6.54 Å². The summed E-state index contributed by atoms with van der Waals surface area (Å²) in [5, 5.41) is 11.3. The van der Waals surface area contributed by atoms with Gasteiger partial charge in [-0.05, 0) is 33.6 Å². The van der Waals surface area contributed by atoms with E-state index in [2.05, 4.69) is 10.3 Å². The fraction of sp³-hybridized carbons (Fsp3) is 0.727. The van der Waals surface area contributed by atoms with Gasteiger partial charge >= 0.3 is 12.1 Å². The predicted molar refractivity (Wildman–Crippen MR) is 74.3 cm³/mol. The van der Waals surface area contributed by atoms with Crippen LogP contribution in [0.3, 0.4) is 0 Å². The number of carboxylic acid groups (broad SMARTS) is 1. The Morgan fingerprint density at radius 1 is 1.33 bits per heavy atom. The number of halogens is 1. The highest BCUT2D eigenvalue weighted by molar-refractivity contribution is 5.80. The van der Waals surface area contributed by atoms with Gasteiger partial charge in [0.15, 0.2) is 5.96 Å². The van der Waals surface area contributed by atoms with Crippen molar-refractivity contribution in [2.45, 2.75) is 45.3 Å². The van der Waals surface area contributed by atoms with Crippen LogP contribution in [0.4, 0.5) is 4.79 Å². The van der Waals surface area contributed by atoms with E-state index < -0.39 is 23.7 Å². The largest absolute Gasteiger partial charge is 1.00 e. The average Bonchev–Trinajstić information content (AvgIpc) is 2.19. The van der Waals surface area contributed by atoms with Crippen molar-refractivity contribution < 1.29 is 37.3 Å². The van der Waals surface area contributed by atoms with Gasteiger partial charge in [-0.2, -0.15) is 0 Å². The monoisotopic (exact) mass is 327 g/mol. The lowest BCUT2D eigenvalue weighted by Crippen LogP contribution is -3.00. The molecule has 21 heavy (non-hydrogen) atoms. The standard InChI is InChI=1S/C11H22N4O4.ClH.H2O/c1-11(2,3)19-10(18)15-7(8(16)17)5-4-6-14-9(12)13;;/h7H,4-6H2,1-3H3,(H,15,18)(H,16,17)(H4,12,13,14);1H;1H2/p-1/t7-;;/m0../s1. The lowest BCUT2D eigenvalue weighted by Gasteiger charge is -2.21. The molecular formula is C11H24ClN4O5-. The SMILES string of the molecule is CC(C)(C)OC(=O)N[C@@H](CCCN=C(N)N)C(=O)O.O.[Cl-]. The number of amides is 1. The van der Waals surface area contributed by atoms with Crippen molar-refractivity contribution in [3.05, 3.63) is 0 Å². The highest BCUT2D eigenvalue weighted by Gasteiger charge is 2.23. The molecule has 0 aromatic rings. The number of alkyl carbamates (subject to hydrolysis) is 1. The van der Waals surface area contributed by atoms with E-state index >= 15 is 0 Å². The highest BCUT2D eigenvalue weighted by Crippen LogP contribution is 2.07. The Morgan fingerprint density at radius 2 is 1.86 bits per heavy atom. The van der Waals surface area contributed by atoms with E-state index in [1.807, 2.05) is 0 Å². The van der Waals surface area contributed by atoms with E-state index in [-0.39, 0.29) is 30.3 Å². The van der Waals surface area contributed by atoms with Crippen LogP contribution in [-0.4, -0.2) is 46.8 Å². The van der Waals surface area contributed by atoms with Crippen LogP contribution >= 0.6 is 0 Å². The van der Waals surface area contributed by atoms with Gasteiger partial charge < -0.3 is 44.5 Å². The number of ether oxygens (including phenoxy) is 1. The molecule has 0 bridgehead atoms. The van der Waals surface area contributed by atoms with Crippen molar-refractivity contribution in [3.8, 4) is 0 Å². The van der Waals surface area contributed by atoms with Crippen LogP contribution in [0.5, 0.6) is 0 Å². The Balaban J connectivity index is -0.00000162. The topological polar surface area (TPSA) is 172 Å². The second-order valence-electron chi connectivity index (χ2n) is 4.99. The van der Waals surface area contributed by atoms with Crippen molar-refractivity contribution in [3.63, 3.8) is 0 Å². The Hall–Kier alpha value is -1.74. The van der Waals surface area contributed by atoms with E-state index in [0.29, 0.717) is 13.0 Å². The highest BCUT2D eigenvalue weighted by atomic mass is 35.5. The molecule has 0 aliphatic heterocycles. The fourth-order valence-electron chi connectivity index (χ4n) is 1.21. The molecule has 9 nitrogen and oxygen atoms in total. The molecule has 0 saturated heterocycles. The third kappa shape index (κ3) is 14.5. The molecule has 0 aromatic carbocycles. The van der Waals surface area contributed by atoms with Gasteiger partial charge in [-0.25, -0.2) is 9.59 Å². The summed E-state index contributed by atoms with van der Waals surface area (Å²) >= 11 is 0. The summed E-state index contributed by atoms with van der Waals surface area (Å²) < 4.78 is 4.98. The second kappa shape index (κ2) is 11.0. The van der Waals surface area contributed by atoms with Crippen LogP contribution in [-0.2, 0) is 9.53 Å². The number of aliphatic carboxylic acids is 1. The summed E-state index contributed by atoms with van der Waals surface area (Å²) in [6.45, 7) is 5.39. The number of nitrogens with one attached hydrogen (secondary N) is 1. The number of aliphatic imine (C=N–C) groups is 1. The summed E-state index contributed by atoms with van der Waals surface area (Å²) in [7, 11) is 0. The first-order valence-electron chi connectivity index (χ1n) is 5.89. The number of guanidine groups is 1. The molecule has 0 rings (SSSR count). The molecule has 0 unspecified atom stereocenters. The summed E-state index contributed by atoms with van der Waals surface area (Å²) in [6.07, 6.45) is -0.113. The van der Waals surface area contributed by atoms with Crippen molar-refractivity contribution in [1.29, 1.82) is 0 Å². The number of carbonyl (C=O) groups excluding carboxylic acids is 1. The van der Waals surface area contributed by atoms with E-state index in [4.69, 9.17) is 21.3 Å². The molecule has 0 aliphatic carbocycles. The van der Waals surface area contributed by atoms with Crippen LogP contribution in [0.25, 0.3) is 0 Å². The maximum absolute atomic E-state index is 11.5. The number of nitrogens with two attached hydrogens (primary N) is 2. The van der Waals surface area contributed by atoms with Crippen LogP contribution in [0.2, 0.25) is 0 Å². The number of carbonyl (C=O) groups is 2. The molecule has 0 radical (unpaired) electrons. The summed E-state index contributed by atoms with van der Waals surface area (Å²) in [5.74, 6) is -1.18. The van der Waals surface area contributed by atoms with Crippen molar-refractivity contribution >= 4 is 18.0 Å². The maximum atomic E-state index is 11.5. The van der Waals surface area contributed by atoms with E-state index in [9.17, 15) is 9.59 Å². The molecule has 10 heteroatoms. The molecule has 0 aromatic heterocycles. The van der Waals surface area contributed by atoms with Gasteiger partial charge in [-0.1, -0.05) is 0 Å². The third-order valence-electron chi connectivity index (χ3n) is 1.93. The quantitative estimate of drug-likeness (QED) is 0.221. The zero-order chi connectivity index (χ0) is 15.1. The molecule has 0 saturated carbocycles. The Bertz CT molecular complexity index is 353. The molecule has 8 N–H and O–H groups in total. The number of hydrogen-bond donors (Lipinski definition) is 4. The molecule has 0 fully saturated rings. The van der Waals surface area contributed by atoms with Gasteiger partial charge in [0.1, 0.15) is 11.6 Å². The van der Waals surface area contributed by atoms with Gasteiger partial charge in [0.2, 0.25) is 0 Å². The second-order valence-corrected chi connectivity index (χ2v) is 4.99. The van der Waals surface area contributed by atoms with Gasteiger partial charge in [0.25, 0.3) is 0 Å². The first-order chi connectivity index (χ1) is 8.61. The zero-order valence-corrected chi connectivity index (χ0v) is 13.1. The smallest absolute Gasteiger partial charge is 0.408 e. The molecule has 126 valence electrons. The van der Waals surface area contributed by atoms with E-state index in [1.54, 1.807) is 20.8 Å². The number of hydrogen-bond acceptors (Lipinski definition) is 4. The van der Waals surface area contributed by atoms with Gasteiger partial charge in [-0.15, -0.1) is 0 Å². The molecule has 0 spiro atoms. The lowest BCUT2D eigenvalue weighted by atomic mass is 10.1. The minimum absolute atomic E-state index is 0. The molecule has 1 amide bonds. The lowest BCUT2D eigenvalue weighted by molar-refractivity contribution is -0.139. The molecule has 0 heterocycles. The van der Waals surface area contributed by atoms with Crippen molar-refractivity contribution in [1.82, 2.24) is 5.32 Å².